The number of hydrogen-bond acceptors (Lipinski definition) is 2. The molecule has 0 bridgehead atoms. The van der Waals surface area contributed by atoms with Crippen molar-refractivity contribution in [2.45, 2.75) is 47.6 Å². The van der Waals surface area contributed by atoms with Crippen molar-refractivity contribution in [3.8, 4) is 0 Å². The highest BCUT2D eigenvalue weighted by Crippen LogP contribution is 2.34. The quantitative estimate of drug-likeness (QED) is 0.893. The Labute approximate surface area is 122 Å². The van der Waals surface area contributed by atoms with Gasteiger partial charge in [-0.3, -0.25) is 0 Å². The summed E-state index contributed by atoms with van der Waals surface area (Å²) < 4.78 is 5.49. The van der Waals surface area contributed by atoms with Crippen LogP contribution in [0.3, 0.4) is 0 Å². The maximum Gasteiger partial charge on any atom is 0.105 e. The Morgan fingerprint density at radius 1 is 0.850 bits per heavy atom. The molecule has 0 aliphatic carbocycles. The van der Waals surface area contributed by atoms with E-state index in [9.17, 15) is 0 Å². The average Bonchev–Trinajstić information content (AvgIpc) is 2.85. The van der Waals surface area contributed by atoms with E-state index in [4.69, 9.17) is 4.42 Å². The zero-order valence-electron chi connectivity index (χ0n) is 13.6. The average molecular weight is 271 g/mol. The number of furan rings is 1. The number of aryl methyl sites for hydroxylation is 1. The molecule has 2 rings (SSSR count). The Morgan fingerprint density at radius 2 is 1.35 bits per heavy atom. The molecule has 2 nitrogen and oxygen atoms in total. The molecular formula is C18H25NO. The fourth-order valence-corrected chi connectivity index (χ4v) is 3.11. The molecule has 0 fully saturated rings. The molecule has 0 saturated heterocycles. The molecule has 2 aromatic rings. The van der Waals surface area contributed by atoms with Crippen molar-refractivity contribution in [1.29, 1.82) is 0 Å². The van der Waals surface area contributed by atoms with Crippen LogP contribution in [0.1, 0.15) is 50.7 Å². The first kappa shape index (κ1) is 14.9. The summed E-state index contributed by atoms with van der Waals surface area (Å²) in [6.07, 6.45) is 1.77. The highest BCUT2D eigenvalue weighted by molar-refractivity contribution is 5.53. The maximum atomic E-state index is 5.49. The summed E-state index contributed by atoms with van der Waals surface area (Å²) in [7, 11) is 2.01. The Bertz CT molecular complexity index is 608. The maximum absolute atomic E-state index is 5.49. The predicted octanol–water partition coefficient (Wildman–Crippen LogP) is 4.44. The van der Waals surface area contributed by atoms with Crippen molar-refractivity contribution in [3.05, 3.63) is 57.0 Å². The van der Waals surface area contributed by atoms with Crippen LogP contribution in [0.5, 0.6) is 0 Å². The minimum Gasteiger partial charge on any atom is -0.469 e. The molecule has 108 valence electrons. The molecule has 0 saturated carbocycles. The molecule has 0 aliphatic rings. The summed E-state index contributed by atoms with van der Waals surface area (Å²) >= 11 is 0. The normalized spacial score (nSPS) is 12.8. The second-order valence-corrected chi connectivity index (χ2v) is 5.69. The fourth-order valence-electron chi connectivity index (χ4n) is 3.11. The third-order valence-electron chi connectivity index (χ3n) is 4.85. The second-order valence-electron chi connectivity index (χ2n) is 5.69. The van der Waals surface area contributed by atoms with Gasteiger partial charge in [-0.2, -0.15) is 0 Å². The van der Waals surface area contributed by atoms with Gasteiger partial charge >= 0.3 is 0 Å². The highest BCUT2D eigenvalue weighted by atomic mass is 16.3. The summed E-state index contributed by atoms with van der Waals surface area (Å²) in [4.78, 5) is 0. The minimum atomic E-state index is 0.187. The van der Waals surface area contributed by atoms with Crippen LogP contribution in [0.15, 0.2) is 16.7 Å². The van der Waals surface area contributed by atoms with E-state index in [1.54, 1.807) is 6.26 Å². The lowest BCUT2D eigenvalue weighted by atomic mass is 9.84. The molecule has 1 N–H and O–H groups in total. The molecule has 1 unspecified atom stereocenters. The second kappa shape index (κ2) is 5.45. The van der Waals surface area contributed by atoms with E-state index in [1.165, 1.54) is 38.9 Å². The largest absolute Gasteiger partial charge is 0.469 e. The number of rotatable bonds is 3. The summed E-state index contributed by atoms with van der Waals surface area (Å²) in [6.45, 7) is 13.1. The van der Waals surface area contributed by atoms with E-state index < -0.39 is 0 Å². The molecule has 0 radical (unpaired) electrons. The first-order chi connectivity index (χ1) is 9.40. The van der Waals surface area contributed by atoms with Crippen molar-refractivity contribution in [3.63, 3.8) is 0 Å². The molecule has 0 aliphatic heterocycles. The SMILES string of the molecule is CNC(c1ccoc1C)c1c(C)c(C)c(C)c(C)c1C. The number of nitrogens with one attached hydrogen (secondary N) is 1. The Morgan fingerprint density at radius 3 is 1.75 bits per heavy atom. The van der Waals surface area contributed by atoms with Crippen LogP contribution in [0.4, 0.5) is 0 Å². The third-order valence-corrected chi connectivity index (χ3v) is 4.85. The van der Waals surface area contributed by atoms with Gasteiger partial charge in [0.05, 0.1) is 12.3 Å². The van der Waals surface area contributed by atoms with E-state index in [0.29, 0.717) is 0 Å². The summed E-state index contributed by atoms with van der Waals surface area (Å²) in [6, 6.07) is 2.26. The lowest BCUT2D eigenvalue weighted by Crippen LogP contribution is -2.21. The number of benzene rings is 1. The fraction of sp³-hybridized carbons (Fsp3) is 0.444. The van der Waals surface area contributed by atoms with Crippen molar-refractivity contribution in [1.82, 2.24) is 5.32 Å². The Kier molecular flexibility index (Phi) is 4.05. The smallest absolute Gasteiger partial charge is 0.105 e. The van der Waals surface area contributed by atoms with Gasteiger partial charge in [0.2, 0.25) is 0 Å². The minimum absolute atomic E-state index is 0.187. The highest BCUT2D eigenvalue weighted by Gasteiger charge is 2.22. The molecule has 1 aromatic heterocycles. The molecule has 0 spiro atoms. The van der Waals surface area contributed by atoms with Crippen LogP contribution in [0, 0.1) is 41.5 Å². The predicted molar refractivity (Wildman–Crippen MR) is 84.5 cm³/mol. The van der Waals surface area contributed by atoms with Gasteiger partial charge in [0.15, 0.2) is 0 Å². The third kappa shape index (κ3) is 2.18. The Balaban J connectivity index is 2.71. The van der Waals surface area contributed by atoms with E-state index in [1.807, 2.05) is 14.0 Å². The molecule has 1 atom stereocenters. The van der Waals surface area contributed by atoms with E-state index in [2.05, 4.69) is 46.0 Å². The van der Waals surface area contributed by atoms with Gasteiger partial charge in [-0.05, 0) is 88.0 Å². The molecule has 1 heterocycles. The van der Waals surface area contributed by atoms with Gasteiger partial charge in [-0.1, -0.05) is 0 Å². The molecule has 2 heteroatoms. The van der Waals surface area contributed by atoms with Crippen LogP contribution in [-0.2, 0) is 0 Å². The van der Waals surface area contributed by atoms with Crippen LogP contribution in [-0.4, -0.2) is 7.05 Å². The van der Waals surface area contributed by atoms with Crippen LogP contribution in [0.25, 0.3) is 0 Å². The lowest BCUT2D eigenvalue weighted by Gasteiger charge is -2.25. The molecule has 1 aromatic carbocycles. The van der Waals surface area contributed by atoms with E-state index >= 15 is 0 Å². The monoisotopic (exact) mass is 271 g/mol. The summed E-state index contributed by atoms with van der Waals surface area (Å²) in [5.74, 6) is 0.985. The lowest BCUT2D eigenvalue weighted by molar-refractivity contribution is 0.523. The van der Waals surface area contributed by atoms with Crippen LogP contribution >= 0.6 is 0 Å². The molecule has 0 amide bonds. The van der Waals surface area contributed by atoms with Gasteiger partial charge < -0.3 is 9.73 Å². The summed E-state index contributed by atoms with van der Waals surface area (Å²) in [5, 5.41) is 3.46. The van der Waals surface area contributed by atoms with Gasteiger partial charge in [-0.25, -0.2) is 0 Å². The molecular weight excluding hydrogens is 246 g/mol. The van der Waals surface area contributed by atoms with E-state index in [0.717, 1.165) is 5.76 Å². The van der Waals surface area contributed by atoms with Gasteiger partial charge in [0.25, 0.3) is 0 Å². The first-order valence-electron chi connectivity index (χ1n) is 7.18. The first-order valence-corrected chi connectivity index (χ1v) is 7.18. The molecule has 20 heavy (non-hydrogen) atoms. The van der Waals surface area contributed by atoms with Gasteiger partial charge in [-0.15, -0.1) is 0 Å². The summed E-state index contributed by atoms with van der Waals surface area (Å²) in [5.41, 5.74) is 9.56. The van der Waals surface area contributed by atoms with E-state index in [-0.39, 0.29) is 6.04 Å². The topological polar surface area (TPSA) is 25.2 Å². The van der Waals surface area contributed by atoms with Crippen LogP contribution < -0.4 is 5.32 Å². The van der Waals surface area contributed by atoms with Gasteiger partial charge in [0, 0.05) is 5.56 Å². The zero-order chi connectivity index (χ0) is 15.0. The zero-order valence-corrected chi connectivity index (χ0v) is 13.6. The Hall–Kier alpha value is -1.54. The van der Waals surface area contributed by atoms with Crippen molar-refractivity contribution >= 4 is 0 Å². The van der Waals surface area contributed by atoms with Gasteiger partial charge in [0.1, 0.15) is 5.76 Å². The van der Waals surface area contributed by atoms with Crippen molar-refractivity contribution < 1.29 is 4.42 Å². The number of hydrogen-bond donors (Lipinski definition) is 1. The standard InChI is InChI=1S/C18H25NO/c1-10-11(2)13(4)17(14(5)12(10)3)18(19-7)16-8-9-20-15(16)6/h8-9,18-19H,1-7H3. The van der Waals surface area contributed by atoms with Crippen LogP contribution in [0.2, 0.25) is 0 Å². The van der Waals surface area contributed by atoms with Crippen molar-refractivity contribution in [2.75, 3.05) is 7.05 Å². The van der Waals surface area contributed by atoms with Crippen molar-refractivity contribution in [2.24, 2.45) is 0 Å².